The lowest BCUT2D eigenvalue weighted by Gasteiger charge is -2.49. The molecule has 4 nitrogen and oxygen atoms in total. The van der Waals surface area contributed by atoms with Crippen LogP contribution in [-0.2, 0) is 4.79 Å². The summed E-state index contributed by atoms with van der Waals surface area (Å²) >= 11 is 0. The lowest BCUT2D eigenvalue weighted by atomic mass is 9.55. The van der Waals surface area contributed by atoms with Gasteiger partial charge in [-0.25, -0.2) is 0 Å². The topological polar surface area (TPSA) is 77.8 Å². The molecule has 0 aromatic carbocycles. The normalized spacial score (nSPS) is 34.3. The quantitative estimate of drug-likeness (QED) is 0.518. The van der Waals surface area contributed by atoms with Gasteiger partial charge in [-0.15, -0.1) is 0 Å². The Bertz CT molecular complexity index is 591. The van der Waals surface area contributed by atoms with E-state index in [2.05, 4.69) is 17.9 Å². The lowest BCUT2D eigenvalue weighted by Crippen LogP contribution is -2.43. The van der Waals surface area contributed by atoms with E-state index in [1.807, 2.05) is 0 Å². The van der Waals surface area contributed by atoms with Gasteiger partial charge in [0.15, 0.2) is 0 Å². The molecule has 0 bridgehead atoms. The second kappa shape index (κ2) is 8.59. The second-order valence-corrected chi connectivity index (χ2v) is 8.51. The Morgan fingerprint density at radius 2 is 2.00 bits per heavy atom. The van der Waals surface area contributed by atoms with Crippen molar-refractivity contribution in [2.24, 2.45) is 23.7 Å². The minimum absolute atomic E-state index is 0.185. The molecular formula is C22H32O4. The largest absolute Gasteiger partial charge is 0.481 e. The number of hydrogen-bond acceptors (Lipinski definition) is 3. The molecule has 0 heterocycles. The SMILES string of the molecule is O=C(O)CC/C=C1\CC2C1CCC(CO)C2C#CCC1(O)CCCCC1. The Kier molecular flexibility index (Phi) is 6.42. The molecule has 4 atom stereocenters. The van der Waals surface area contributed by atoms with Crippen molar-refractivity contribution in [1.29, 1.82) is 0 Å². The van der Waals surface area contributed by atoms with E-state index in [0.717, 1.165) is 44.9 Å². The van der Waals surface area contributed by atoms with Crippen LogP contribution in [0.4, 0.5) is 0 Å². The van der Waals surface area contributed by atoms with Gasteiger partial charge in [-0.05, 0) is 56.3 Å². The van der Waals surface area contributed by atoms with E-state index in [1.54, 1.807) is 0 Å². The van der Waals surface area contributed by atoms with E-state index >= 15 is 0 Å². The molecule has 4 unspecified atom stereocenters. The Hall–Kier alpha value is -1.31. The van der Waals surface area contributed by atoms with Crippen LogP contribution < -0.4 is 0 Å². The fourth-order valence-electron chi connectivity index (χ4n) is 5.15. The molecule has 3 fully saturated rings. The number of carboxylic acid groups (broad SMARTS) is 1. The summed E-state index contributed by atoms with van der Waals surface area (Å²) in [6.07, 6.45) is 11.7. The van der Waals surface area contributed by atoms with Crippen molar-refractivity contribution < 1.29 is 20.1 Å². The van der Waals surface area contributed by atoms with Crippen molar-refractivity contribution in [1.82, 2.24) is 0 Å². The Morgan fingerprint density at radius 1 is 1.23 bits per heavy atom. The Morgan fingerprint density at radius 3 is 2.69 bits per heavy atom. The molecule has 144 valence electrons. The van der Waals surface area contributed by atoms with E-state index in [4.69, 9.17) is 5.11 Å². The Balaban J connectivity index is 1.60. The molecule has 0 aromatic heterocycles. The molecule has 0 spiro atoms. The minimum Gasteiger partial charge on any atom is -0.481 e. The zero-order valence-corrected chi connectivity index (χ0v) is 15.6. The van der Waals surface area contributed by atoms with Crippen molar-refractivity contribution >= 4 is 5.97 Å². The summed E-state index contributed by atoms with van der Waals surface area (Å²) < 4.78 is 0. The lowest BCUT2D eigenvalue weighted by molar-refractivity contribution is -0.136. The number of hydrogen-bond donors (Lipinski definition) is 3. The average Bonchev–Trinajstić information content (AvgIpc) is 2.59. The first-order chi connectivity index (χ1) is 12.5. The number of allylic oxidation sites excluding steroid dienone is 2. The van der Waals surface area contributed by atoms with Crippen LogP contribution in [0.25, 0.3) is 0 Å². The van der Waals surface area contributed by atoms with Gasteiger partial charge in [0.2, 0.25) is 0 Å². The standard InChI is InChI=1S/C22H32O4/c23-15-17-9-10-19-16(6-4-8-21(24)25)14-20(19)18(17)7-5-13-22(26)11-2-1-3-12-22/h6,17-20,23,26H,1-4,8-15H2,(H,24,25)/b16-6+. The van der Waals surface area contributed by atoms with Gasteiger partial charge >= 0.3 is 5.97 Å². The number of aliphatic hydroxyl groups excluding tert-OH is 1. The third-order valence-electron chi connectivity index (χ3n) is 6.75. The molecule has 3 saturated carbocycles. The first-order valence-electron chi connectivity index (χ1n) is 10.2. The fourth-order valence-corrected chi connectivity index (χ4v) is 5.15. The third kappa shape index (κ3) is 4.50. The molecule has 0 radical (unpaired) electrons. The van der Waals surface area contributed by atoms with E-state index < -0.39 is 11.6 Å². The van der Waals surface area contributed by atoms with Gasteiger partial charge in [-0.3, -0.25) is 4.79 Å². The van der Waals surface area contributed by atoms with Crippen LogP contribution >= 0.6 is 0 Å². The first kappa shape index (κ1) is 19.5. The molecule has 3 aliphatic carbocycles. The number of aliphatic carboxylic acids is 1. The average molecular weight is 360 g/mol. The summed E-state index contributed by atoms with van der Waals surface area (Å²) in [6.45, 7) is 0.185. The molecule has 0 aromatic rings. The summed E-state index contributed by atoms with van der Waals surface area (Å²) in [4.78, 5) is 10.7. The number of fused-ring (bicyclic) bond motifs is 1. The van der Waals surface area contributed by atoms with Crippen molar-refractivity contribution in [2.45, 2.75) is 76.2 Å². The van der Waals surface area contributed by atoms with Crippen LogP contribution in [-0.4, -0.2) is 33.5 Å². The highest BCUT2D eigenvalue weighted by molar-refractivity contribution is 5.66. The van der Waals surface area contributed by atoms with Crippen LogP contribution in [0.2, 0.25) is 0 Å². The van der Waals surface area contributed by atoms with Crippen molar-refractivity contribution in [3.8, 4) is 11.8 Å². The summed E-state index contributed by atoms with van der Waals surface area (Å²) in [5, 5.41) is 29.2. The van der Waals surface area contributed by atoms with Crippen molar-refractivity contribution in [3.05, 3.63) is 11.6 Å². The van der Waals surface area contributed by atoms with Gasteiger partial charge in [0.05, 0.1) is 5.60 Å². The van der Waals surface area contributed by atoms with E-state index in [-0.39, 0.29) is 24.9 Å². The third-order valence-corrected chi connectivity index (χ3v) is 6.75. The predicted octanol–water partition coefficient (Wildman–Crippen LogP) is 3.52. The Labute approximate surface area is 156 Å². The molecular weight excluding hydrogens is 328 g/mol. The van der Waals surface area contributed by atoms with Gasteiger partial charge in [0.25, 0.3) is 0 Å². The summed E-state index contributed by atoms with van der Waals surface area (Å²) in [7, 11) is 0. The minimum atomic E-state index is -0.744. The zero-order chi connectivity index (χ0) is 18.6. The van der Waals surface area contributed by atoms with E-state index in [9.17, 15) is 15.0 Å². The van der Waals surface area contributed by atoms with Gasteiger partial charge in [0, 0.05) is 25.4 Å². The van der Waals surface area contributed by atoms with Gasteiger partial charge < -0.3 is 15.3 Å². The fraction of sp³-hybridized carbons (Fsp3) is 0.773. The van der Waals surface area contributed by atoms with E-state index in [0.29, 0.717) is 24.7 Å². The highest BCUT2D eigenvalue weighted by Crippen LogP contribution is 2.53. The summed E-state index contributed by atoms with van der Waals surface area (Å²) in [6, 6.07) is 0. The molecule has 0 saturated heterocycles. The summed E-state index contributed by atoms with van der Waals surface area (Å²) in [5.41, 5.74) is 0.792. The maximum absolute atomic E-state index is 10.7. The molecule has 4 heteroatoms. The summed E-state index contributed by atoms with van der Waals surface area (Å²) in [5.74, 6) is 7.43. The molecule has 0 aliphatic heterocycles. The molecule has 0 amide bonds. The molecule has 26 heavy (non-hydrogen) atoms. The van der Waals surface area contributed by atoms with Crippen LogP contribution in [0.15, 0.2) is 11.6 Å². The van der Waals surface area contributed by atoms with Crippen molar-refractivity contribution in [2.75, 3.05) is 6.61 Å². The van der Waals surface area contributed by atoms with Crippen LogP contribution in [0.1, 0.15) is 70.6 Å². The van der Waals surface area contributed by atoms with Gasteiger partial charge in [-0.1, -0.05) is 42.8 Å². The van der Waals surface area contributed by atoms with Gasteiger partial charge in [0.1, 0.15) is 0 Å². The number of rotatable bonds is 5. The van der Waals surface area contributed by atoms with Crippen LogP contribution in [0.5, 0.6) is 0 Å². The number of carbonyl (C=O) groups is 1. The first-order valence-corrected chi connectivity index (χ1v) is 10.2. The monoisotopic (exact) mass is 360 g/mol. The predicted molar refractivity (Wildman–Crippen MR) is 100 cm³/mol. The second-order valence-electron chi connectivity index (χ2n) is 8.51. The molecule has 3 N–H and O–H groups in total. The highest BCUT2D eigenvalue weighted by Gasteiger charge is 2.46. The van der Waals surface area contributed by atoms with Gasteiger partial charge in [-0.2, -0.15) is 0 Å². The molecule has 3 rings (SSSR count). The highest BCUT2D eigenvalue weighted by atomic mass is 16.4. The maximum Gasteiger partial charge on any atom is 0.303 e. The smallest absolute Gasteiger partial charge is 0.303 e. The van der Waals surface area contributed by atoms with Crippen molar-refractivity contribution in [3.63, 3.8) is 0 Å². The maximum atomic E-state index is 10.7. The number of aliphatic hydroxyl groups is 2. The molecule has 3 aliphatic rings. The van der Waals surface area contributed by atoms with E-state index in [1.165, 1.54) is 12.0 Å². The zero-order valence-electron chi connectivity index (χ0n) is 15.6. The van der Waals surface area contributed by atoms with Crippen LogP contribution in [0.3, 0.4) is 0 Å². The number of carboxylic acids is 1. The van der Waals surface area contributed by atoms with Crippen LogP contribution in [0, 0.1) is 35.5 Å².